The zero-order chi connectivity index (χ0) is 41.5. The van der Waals surface area contributed by atoms with Gasteiger partial charge in [-0.2, -0.15) is 0 Å². The van der Waals surface area contributed by atoms with E-state index in [0.717, 1.165) is 62.1 Å². The fourth-order valence-electron chi connectivity index (χ4n) is 9.42. The molecule has 0 bridgehead atoms. The van der Waals surface area contributed by atoms with E-state index < -0.39 is 12.2 Å². The number of hydrogen-bond acceptors (Lipinski definition) is 10. The number of ether oxygens (including phenoxy) is 2. The van der Waals surface area contributed by atoms with E-state index in [1.54, 1.807) is 4.90 Å². The fraction of sp³-hybridized carbons (Fsp3) is 0.614. The van der Waals surface area contributed by atoms with E-state index in [-0.39, 0.29) is 48.6 Å². The molecule has 0 spiro atoms. The van der Waals surface area contributed by atoms with E-state index in [1.165, 1.54) is 0 Å². The van der Waals surface area contributed by atoms with Gasteiger partial charge >= 0.3 is 18.1 Å². The average molecular weight is 816 g/mol. The van der Waals surface area contributed by atoms with Gasteiger partial charge in [0.2, 0.25) is 5.91 Å². The third-order valence-electron chi connectivity index (χ3n) is 12.9. The van der Waals surface area contributed by atoms with Crippen LogP contribution < -0.4 is 5.32 Å². The lowest BCUT2D eigenvalue weighted by atomic mass is 10.00. The molecule has 5 aliphatic rings. The van der Waals surface area contributed by atoms with Gasteiger partial charge in [-0.25, -0.2) is 9.59 Å². The number of phenols is 1. The van der Waals surface area contributed by atoms with Crippen LogP contribution in [0.3, 0.4) is 0 Å². The van der Waals surface area contributed by atoms with Gasteiger partial charge in [-0.15, -0.1) is 0 Å². The second kappa shape index (κ2) is 19.4. The molecular formula is C44H61N7O8. The van der Waals surface area contributed by atoms with Crippen molar-refractivity contribution in [1.29, 1.82) is 0 Å². The Balaban J connectivity index is 0.883. The van der Waals surface area contributed by atoms with E-state index in [1.807, 2.05) is 64.9 Å². The van der Waals surface area contributed by atoms with Crippen LogP contribution in [-0.4, -0.2) is 168 Å². The Bertz CT molecular complexity index is 1810. The number of nitrogens with zero attached hydrogens (tertiary/aromatic N) is 6. The predicted molar refractivity (Wildman–Crippen MR) is 221 cm³/mol. The van der Waals surface area contributed by atoms with Gasteiger partial charge in [-0.3, -0.25) is 24.2 Å². The molecule has 0 radical (unpaired) electrons. The van der Waals surface area contributed by atoms with Crippen molar-refractivity contribution in [2.75, 3.05) is 90.5 Å². The number of piperazine rings is 1. The molecule has 5 aliphatic heterocycles. The molecule has 4 fully saturated rings. The zero-order valence-corrected chi connectivity index (χ0v) is 34.7. The van der Waals surface area contributed by atoms with Crippen LogP contribution in [0.5, 0.6) is 5.75 Å². The summed E-state index contributed by atoms with van der Waals surface area (Å²) in [5.41, 5.74) is 4.16. The van der Waals surface area contributed by atoms with Gasteiger partial charge < -0.3 is 39.5 Å². The number of benzene rings is 2. The van der Waals surface area contributed by atoms with Crippen molar-refractivity contribution < 1.29 is 38.6 Å². The molecule has 15 heteroatoms. The molecule has 0 aromatic heterocycles. The van der Waals surface area contributed by atoms with Crippen molar-refractivity contribution in [2.24, 2.45) is 0 Å². The number of carbonyl (C=O) groups is 5. The summed E-state index contributed by atoms with van der Waals surface area (Å²) in [5, 5.41) is 13.5. The number of aryl methyl sites for hydroxylation is 2. The topological polar surface area (TPSA) is 156 Å². The lowest BCUT2D eigenvalue weighted by Crippen LogP contribution is -2.57. The van der Waals surface area contributed by atoms with Crippen LogP contribution >= 0.6 is 0 Å². The van der Waals surface area contributed by atoms with E-state index >= 15 is 0 Å². The third kappa shape index (κ3) is 10.7. The summed E-state index contributed by atoms with van der Waals surface area (Å²) in [7, 11) is 0. The second-order valence-corrected chi connectivity index (χ2v) is 16.8. The van der Waals surface area contributed by atoms with Gasteiger partial charge in [0.15, 0.2) is 6.10 Å². The summed E-state index contributed by atoms with van der Waals surface area (Å²) in [5.74, 6) is -0.0553. The molecular weight excluding hydrogens is 755 g/mol. The van der Waals surface area contributed by atoms with Crippen molar-refractivity contribution in [2.45, 2.75) is 89.8 Å². The van der Waals surface area contributed by atoms with E-state index in [0.29, 0.717) is 102 Å². The molecule has 7 rings (SSSR count). The maximum atomic E-state index is 14.2. The molecule has 5 heterocycles. The van der Waals surface area contributed by atoms with Gasteiger partial charge in [0.05, 0.1) is 13.2 Å². The van der Waals surface area contributed by atoms with Crippen molar-refractivity contribution in [3.8, 4) is 5.75 Å². The largest absolute Gasteiger partial charge is 0.507 e. The summed E-state index contributed by atoms with van der Waals surface area (Å²) < 4.78 is 11.6. The highest BCUT2D eigenvalue weighted by molar-refractivity contribution is 5.91. The summed E-state index contributed by atoms with van der Waals surface area (Å²) in [6, 6.07) is 11.8. The van der Waals surface area contributed by atoms with Crippen molar-refractivity contribution >= 4 is 35.6 Å². The number of phenolic OH excluding ortho intramolecular Hbond substituents is 1. The normalized spacial score (nSPS) is 20.6. The van der Waals surface area contributed by atoms with Crippen LogP contribution in [0, 0.1) is 13.8 Å². The Kier molecular flexibility index (Phi) is 13.9. The maximum Gasteiger partial charge on any atom is 0.410 e. The monoisotopic (exact) mass is 815 g/mol. The zero-order valence-electron chi connectivity index (χ0n) is 34.7. The summed E-state index contributed by atoms with van der Waals surface area (Å²) in [4.78, 5) is 77.2. The number of hydrogen-bond donors (Lipinski definition) is 2. The quantitative estimate of drug-likeness (QED) is 0.239. The smallest absolute Gasteiger partial charge is 0.410 e. The van der Waals surface area contributed by atoms with Crippen molar-refractivity contribution in [3.63, 3.8) is 0 Å². The van der Waals surface area contributed by atoms with Crippen LogP contribution in [0.1, 0.15) is 67.2 Å². The number of piperidine rings is 2. The number of fused-ring (bicyclic) bond motifs is 1. The molecule has 2 aromatic carbocycles. The summed E-state index contributed by atoms with van der Waals surface area (Å²) in [6.45, 7) is 11.1. The van der Waals surface area contributed by atoms with Gasteiger partial charge in [0, 0.05) is 103 Å². The first-order valence-electron chi connectivity index (χ1n) is 21.6. The fourth-order valence-corrected chi connectivity index (χ4v) is 9.42. The molecule has 0 saturated carbocycles. The maximum absolute atomic E-state index is 14.2. The number of para-hydroxylation sites is 1. The summed E-state index contributed by atoms with van der Waals surface area (Å²) >= 11 is 0. The van der Waals surface area contributed by atoms with Gasteiger partial charge in [0.1, 0.15) is 5.75 Å². The SMILES string of the molecule is Cc1cc(C[C@@H](OC(=O)N2CCC(N3CCc4ccccc4NC3=O)CC2)C(=O)N2CCN(C3CCN(CC(=O)OCCCN4CCCC4=O)CC3)CC2)cc(C)c1O. The molecule has 2 aromatic rings. The highest BCUT2D eigenvalue weighted by Crippen LogP contribution is 2.27. The highest BCUT2D eigenvalue weighted by Gasteiger charge is 2.37. The van der Waals surface area contributed by atoms with Gasteiger partial charge in [-0.05, 0) is 87.1 Å². The molecule has 4 saturated heterocycles. The van der Waals surface area contributed by atoms with E-state index in [9.17, 15) is 29.1 Å². The molecule has 320 valence electrons. The Morgan fingerprint density at radius 1 is 0.831 bits per heavy atom. The minimum atomic E-state index is -1.03. The first kappa shape index (κ1) is 42.2. The minimum Gasteiger partial charge on any atom is -0.507 e. The molecule has 15 nitrogen and oxygen atoms in total. The van der Waals surface area contributed by atoms with Gasteiger partial charge in [-0.1, -0.05) is 30.3 Å². The first-order valence-corrected chi connectivity index (χ1v) is 21.6. The first-order chi connectivity index (χ1) is 28.5. The summed E-state index contributed by atoms with van der Waals surface area (Å²) in [6.07, 6.45) is 4.63. The molecule has 0 unspecified atom stereocenters. The number of rotatable bonds is 12. The van der Waals surface area contributed by atoms with Crippen LogP contribution in [-0.2, 0) is 36.7 Å². The Morgan fingerprint density at radius 3 is 2.22 bits per heavy atom. The van der Waals surface area contributed by atoms with Crippen molar-refractivity contribution in [3.05, 3.63) is 58.7 Å². The van der Waals surface area contributed by atoms with Crippen LogP contribution in [0.2, 0.25) is 0 Å². The third-order valence-corrected chi connectivity index (χ3v) is 12.9. The lowest BCUT2D eigenvalue weighted by Gasteiger charge is -2.43. The van der Waals surface area contributed by atoms with Gasteiger partial charge in [0.25, 0.3) is 5.91 Å². The molecule has 5 amide bonds. The number of esters is 1. The number of amides is 5. The second-order valence-electron chi connectivity index (χ2n) is 16.8. The standard InChI is InChI=1S/C44H61N7O8/c1-31-27-33(28-32(2)41(31)54)29-38(59-44(57)50-19-13-36(14-20-50)51-21-10-34-7-3-4-8-37(34)45-43(51)56)42(55)49-24-22-47(23-25-49)35-11-17-46(18-12-35)30-40(53)58-26-6-16-48-15-5-9-39(48)52/h3-4,7-8,27-28,35-36,38,54H,5-6,9-26,29-30H2,1-2H3,(H,45,56)/t38-/m1/s1. The number of anilines is 1. The Morgan fingerprint density at radius 2 is 1.53 bits per heavy atom. The highest BCUT2D eigenvalue weighted by atomic mass is 16.6. The minimum absolute atomic E-state index is 0.0111. The number of carbonyl (C=O) groups excluding carboxylic acids is 5. The lowest BCUT2D eigenvalue weighted by molar-refractivity contribution is -0.145. The van der Waals surface area contributed by atoms with Crippen LogP contribution in [0.15, 0.2) is 36.4 Å². The number of urea groups is 1. The number of nitrogens with one attached hydrogen (secondary N) is 1. The number of aromatic hydroxyl groups is 1. The van der Waals surface area contributed by atoms with E-state index in [2.05, 4.69) is 15.1 Å². The number of likely N-dealkylation sites (tertiary alicyclic amines) is 3. The van der Waals surface area contributed by atoms with Crippen LogP contribution in [0.4, 0.5) is 15.3 Å². The van der Waals surface area contributed by atoms with Crippen LogP contribution in [0.25, 0.3) is 0 Å². The molecule has 59 heavy (non-hydrogen) atoms. The molecule has 0 aliphatic carbocycles. The van der Waals surface area contributed by atoms with E-state index in [4.69, 9.17) is 9.47 Å². The molecule has 2 N–H and O–H groups in total. The predicted octanol–water partition coefficient (Wildman–Crippen LogP) is 3.78. The van der Waals surface area contributed by atoms with Crippen molar-refractivity contribution in [1.82, 2.24) is 29.4 Å². The Hall–Kier alpha value is -4.89. The average Bonchev–Trinajstić information content (AvgIpc) is 3.57. The molecule has 1 atom stereocenters. The Labute approximate surface area is 347 Å².